The van der Waals surface area contributed by atoms with Crippen LogP contribution in [0, 0.1) is 5.82 Å². The van der Waals surface area contributed by atoms with Crippen molar-refractivity contribution in [3.8, 4) is 5.75 Å². The van der Waals surface area contributed by atoms with Gasteiger partial charge in [-0.05, 0) is 59.2 Å². The van der Waals surface area contributed by atoms with E-state index >= 15 is 0 Å². The standard InChI is InChI=1S/C25H22FN3O3/c1-2-24(30)28-14-19-11-22-21(8-10-29(22)15-18-7-9-27-25(31)13-18)23(12-19)32-16-17-3-5-20(26)6-4-17/h2-13H,1,14-16H2,(H,27,31)(H,28,30). The fourth-order valence-electron chi connectivity index (χ4n) is 3.46. The van der Waals surface area contributed by atoms with Gasteiger partial charge >= 0.3 is 0 Å². The molecule has 2 heterocycles. The average molecular weight is 431 g/mol. The Hall–Kier alpha value is -4.13. The third kappa shape index (κ3) is 4.95. The summed E-state index contributed by atoms with van der Waals surface area (Å²) in [5, 5.41) is 3.68. The molecule has 0 radical (unpaired) electrons. The number of aromatic amines is 1. The fourth-order valence-corrected chi connectivity index (χ4v) is 3.46. The number of carbonyl (C=O) groups is 1. The van der Waals surface area contributed by atoms with Crippen molar-refractivity contribution in [3.63, 3.8) is 0 Å². The minimum atomic E-state index is -0.298. The number of fused-ring (bicyclic) bond motifs is 1. The summed E-state index contributed by atoms with van der Waals surface area (Å²) in [6.45, 7) is 4.57. The maximum Gasteiger partial charge on any atom is 0.248 e. The number of halogens is 1. The third-order valence-corrected chi connectivity index (χ3v) is 5.06. The van der Waals surface area contributed by atoms with Gasteiger partial charge in [-0.3, -0.25) is 9.59 Å². The summed E-state index contributed by atoms with van der Waals surface area (Å²) >= 11 is 0. The van der Waals surface area contributed by atoms with Gasteiger partial charge in [-0.15, -0.1) is 0 Å². The monoisotopic (exact) mass is 431 g/mol. The van der Waals surface area contributed by atoms with Gasteiger partial charge in [-0.25, -0.2) is 4.39 Å². The van der Waals surface area contributed by atoms with Crippen LogP contribution in [0.3, 0.4) is 0 Å². The molecule has 1 amide bonds. The SMILES string of the molecule is C=CC(=O)NCc1cc(OCc2ccc(F)cc2)c2ccn(Cc3cc[nH]c(=O)c3)c2c1. The first-order valence-electron chi connectivity index (χ1n) is 10.1. The Morgan fingerprint density at radius 2 is 1.91 bits per heavy atom. The smallest absolute Gasteiger partial charge is 0.248 e. The van der Waals surface area contributed by atoms with E-state index in [1.54, 1.807) is 24.4 Å². The van der Waals surface area contributed by atoms with Crippen LogP contribution < -0.4 is 15.6 Å². The lowest BCUT2D eigenvalue weighted by atomic mass is 10.1. The van der Waals surface area contributed by atoms with Gasteiger partial charge in [0.15, 0.2) is 0 Å². The largest absolute Gasteiger partial charge is 0.488 e. The number of benzene rings is 2. The van der Waals surface area contributed by atoms with Crippen LogP contribution in [0.15, 0.2) is 84.4 Å². The average Bonchev–Trinajstić information content (AvgIpc) is 3.19. The molecule has 0 aliphatic heterocycles. The molecule has 0 saturated carbocycles. The Balaban J connectivity index is 1.67. The number of aromatic nitrogens is 2. The lowest BCUT2D eigenvalue weighted by molar-refractivity contribution is -0.116. The molecule has 4 aromatic rings. The number of H-pyrrole nitrogens is 1. The molecule has 2 N–H and O–H groups in total. The lowest BCUT2D eigenvalue weighted by Crippen LogP contribution is -2.20. The lowest BCUT2D eigenvalue weighted by Gasteiger charge is -2.13. The van der Waals surface area contributed by atoms with Crippen LogP contribution in [0.2, 0.25) is 0 Å². The van der Waals surface area contributed by atoms with Gasteiger partial charge < -0.3 is 19.6 Å². The Morgan fingerprint density at radius 1 is 1.09 bits per heavy atom. The summed E-state index contributed by atoms with van der Waals surface area (Å²) in [6.07, 6.45) is 4.78. The van der Waals surface area contributed by atoms with Crippen molar-refractivity contribution in [3.05, 3.63) is 113 Å². The van der Waals surface area contributed by atoms with Crippen molar-refractivity contribution in [2.24, 2.45) is 0 Å². The summed E-state index contributed by atoms with van der Waals surface area (Å²) < 4.78 is 21.3. The highest BCUT2D eigenvalue weighted by Gasteiger charge is 2.11. The number of pyridine rings is 1. The molecule has 2 aromatic heterocycles. The maximum absolute atomic E-state index is 13.2. The normalized spacial score (nSPS) is 10.8. The van der Waals surface area contributed by atoms with Crippen LogP contribution in [0.4, 0.5) is 4.39 Å². The highest BCUT2D eigenvalue weighted by atomic mass is 19.1. The number of amides is 1. The summed E-state index contributed by atoms with van der Waals surface area (Å²) in [6, 6.07) is 15.4. The van der Waals surface area contributed by atoms with Crippen LogP contribution in [0.5, 0.6) is 5.75 Å². The molecule has 0 fully saturated rings. The van der Waals surface area contributed by atoms with Gasteiger partial charge in [0.2, 0.25) is 11.5 Å². The van der Waals surface area contributed by atoms with Crippen molar-refractivity contribution >= 4 is 16.8 Å². The number of carbonyl (C=O) groups excluding carboxylic acids is 1. The predicted octanol–water partition coefficient (Wildman–Crippen LogP) is 3.90. The second-order valence-electron chi connectivity index (χ2n) is 7.37. The molecule has 2 aromatic carbocycles. The molecule has 32 heavy (non-hydrogen) atoms. The maximum atomic E-state index is 13.2. The predicted molar refractivity (Wildman–Crippen MR) is 121 cm³/mol. The molecular formula is C25H22FN3O3. The van der Waals surface area contributed by atoms with Crippen LogP contribution in [0.1, 0.15) is 16.7 Å². The van der Waals surface area contributed by atoms with E-state index in [2.05, 4.69) is 16.9 Å². The third-order valence-electron chi connectivity index (χ3n) is 5.06. The number of nitrogens with one attached hydrogen (secondary N) is 2. The molecule has 0 aliphatic carbocycles. The zero-order valence-corrected chi connectivity index (χ0v) is 17.3. The Bertz CT molecular complexity index is 1320. The first kappa shape index (κ1) is 21.1. The van der Waals surface area contributed by atoms with E-state index in [0.717, 1.165) is 27.6 Å². The zero-order chi connectivity index (χ0) is 22.5. The number of ether oxygens (including phenoxy) is 1. The first-order chi connectivity index (χ1) is 15.5. The van der Waals surface area contributed by atoms with Crippen LogP contribution >= 0.6 is 0 Å². The second-order valence-corrected chi connectivity index (χ2v) is 7.37. The highest BCUT2D eigenvalue weighted by Crippen LogP contribution is 2.30. The van der Waals surface area contributed by atoms with E-state index in [0.29, 0.717) is 18.8 Å². The van der Waals surface area contributed by atoms with E-state index in [-0.39, 0.29) is 23.9 Å². The summed E-state index contributed by atoms with van der Waals surface area (Å²) in [5.74, 6) is 0.0880. The number of rotatable bonds is 8. The topological polar surface area (TPSA) is 76.1 Å². The van der Waals surface area contributed by atoms with Crippen molar-refractivity contribution in [2.75, 3.05) is 0 Å². The first-order valence-corrected chi connectivity index (χ1v) is 10.1. The minimum absolute atomic E-state index is 0.157. The minimum Gasteiger partial charge on any atom is -0.488 e. The van der Waals surface area contributed by atoms with Crippen molar-refractivity contribution in [2.45, 2.75) is 19.7 Å². The molecule has 0 atom stereocenters. The van der Waals surface area contributed by atoms with Crippen LogP contribution in [-0.2, 0) is 24.5 Å². The van der Waals surface area contributed by atoms with Crippen molar-refractivity contribution < 1.29 is 13.9 Å². The van der Waals surface area contributed by atoms with E-state index < -0.39 is 0 Å². The molecule has 7 heteroatoms. The molecular weight excluding hydrogens is 409 g/mol. The fraction of sp³-hybridized carbons (Fsp3) is 0.120. The van der Waals surface area contributed by atoms with E-state index in [4.69, 9.17) is 4.74 Å². The summed E-state index contributed by atoms with van der Waals surface area (Å²) in [4.78, 5) is 25.9. The Labute approximate surface area is 184 Å². The summed E-state index contributed by atoms with van der Waals surface area (Å²) in [7, 11) is 0. The zero-order valence-electron chi connectivity index (χ0n) is 17.3. The second kappa shape index (κ2) is 9.34. The van der Waals surface area contributed by atoms with Crippen LogP contribution in [-0.4, -0.2) is 15.5 Å². The van der Waals surface area contributed by atoms with Gasteiger partial charge in [0.25, 0.3) is 0 Å². The molecule has 0 spiro atoms. The van der Waals surface area contributed by atoms with E-state index in [9.17, 15) is 14.0 Å². The van der Waals surface area contributed by atoms with E-state index in [1.807, 2.05) is 35.0 Å². The van der Waals surface area contributed by atoms with Crippen LogP contribution in [0.25, 0.3) is 10.9 Å². The number of hydrogen-bond acceptors (Lipinski definition) is 3. The Morgan fingerprint density at radius 3 is 2.66 bits per heavy atom. The van der Waals surface area contributed by atoms with Gasteiger partial charge in [0, 0.05) is 36.9 Å². The number of hydrogen-bond donors (Lipinski definition) is 2. The quantitative estimate of drug-likeness (QED) is 0.416. The summed E-state index contributed by atoms with van der Waals surface area (Å²) in [5.41, 5.74) is 3.31. The van der Waals surface area contributed by atoms with Gasteiger partial charge in [0.1, 0.15) is 18.2 Å². The molecule has 0 aliphatic rings. The van der Waals surface area contributed by atoms with E-state index in [1.165, 1.54) is 18.2 Å². The van der Waals surface area contributed by atoms with Gasteiger partial charge in [0.05, 0.1) is 5.52 Å². The molecule has 0 unspecified atom stereocenters. The molecule has 162 valence electrons. The van der Waals surface area contributed by atoms with Gasteiger partial charge in [-0.1, -0.05) is 18.7 Å². The number of nitrogens with zero attached hydrogens (tertiary/aromatic N) is 1. The molecule has 6 nitrogen and oxygen atoms in total. The highest BCUT2D eigenvalue weighted by molar-refractivity contribution is 5.88. The van der Waals surface area contributed by atoms with Crippen molar-refractivity contribution in [1.82, 2.24) is 14.9 Å². The molecule has 0 saturated heterocycles. The molecule has 0 bridgehead atoms. The van der Waals surface area contributed by atoms with Gasteiger partial charge in [-0.2, -0.15) is 0 Å². The Kier molecular flexibility index (Phi) is 6.17. The molecule has 4 rings (SSSR count). The van der Waals surface area contributed by atoms with Crippen molar-refractivity contribution in [1.29, 1.82) is 0 Å².